The third-order valence-corrected chi connectivity index (χ3v) is 2.13. The van der Waals surface area contributed by atoms with E-state index in [1.54, 1.807) is 4.90 Å². The molecule has 12 heavy (non-hydrogen) atoms. The highest BCUT2D eigenvalue weighted by Crippen LogP contribution is 2.06. The monoisotopic (exact) mass is 199 g/mol. The van der Waals surface area contributed by atoms with Crippen molar-refractivity contribution in [1.82, 2.24) is 4.90 Å². The lowest BCUT2D eigenvalue weighted by Gasteiger charge is -2.26. The van der Waals surface area contributed by atoms with Gasteiger partial charge in [-0.1, -0.05) is 6.92 Å². The Bertz CT molecular complexity index is 111. The van der Waals surface area contributed by atoms with Gasteiger partial charge in [0.2, 0.25) is 0 Å². The first-order chi connectivity index (χ1) is 5.61. The lowest BCUT2D eigenvalue weighted by molar-refractivity contribution is 0.0720. The molecule has 0 fully saturated rings. The first-order valence-electron chi connectivity index (χ1n) is 4.20. The van der Waals surface area contributed by atoms with Crippen molar-refractivity contribution in [2.75, 3.05) is 19.0 Å². The number of halogens is 3. The van der Waals surface area contributed by atoms with Crippen LogP contribution in [0.1, 0.15) is 20.3 Å². The van der Waals surface area contributed by atoms with Gasteiger partial charge in [0.05, 0.1) is 6.54 Å². The van der Waals surface area contributed by atoms with E-state index < -0.39 is 6.43 Å². The zero-order valence-electron chi connectivity index (χ0n) is 7.56. The molecular formula is C8H16ClF2N. The Morgan fingerprint density at radius 1 is 1.42 bits per heavy atom. The molecule has 0 aliphatic heterocycles. The third kappa shape index (κ3) is 4.88. The van der Waals surface area contributed by atoms with E-state index in [1.807, 2.05) is 13.8 Å². The van der Waals surface area contributed by atoms with Gasteiger partial charge in [-0.05, 0) is 13.3 Å². The van der Waals surface area contributed by atoms with E-state index >= 15 is 0 Å². The fraction of sp³-hybridized carbons (Fsp3) is 1.00. The minimum absolute atomic E-state index is 0.165. The van der Waals surface area contributed by atoms with Crippen molar-refractivity contribution in [2.24, 2.45) is 0 Å². The zero-order valence-corrected chi connectivity index (χ0v) is 8.32. The molecule has 0 aromatic carbocycles. The summed E-state index contributed by atoms with van der Waals surface area (Å²) < 4.78 is 24.0. The van der Waals surface area contributed by atoms with E-state index in [0.29, 0.717) is 12.4 Å². The molecule has 0 rings (SSSR count). The summed E-state index contributed by atoms with van der Waals surface area (Å²) in [4.78, 5) is 1.72. The minimum atomic E-state index is -2.26. The molecule has 0 heterocycles. The van der Waals surface area contributed by atoms with E-state index in [4.69, 9.17) is 11.6 Å². The van der Waals surface area contributed by atoms with Crippen molar-refractivity contribution < 1.29 is 8.78 Å². The van der Waals surface area contributed by atoms with Gasteiger partial charge in [-0.2, -0.15) is 0 Å². The second kappa shape index (κ2) is 6.61. The average molecular weight is 200 g/mol. The highest BCUT2D eigenvalue weighted by Gasteiger charge is 2.15. The molecule has 0 N–H and O–H groups in total. The Hall–Kier alpha value is 0.110. The maximum atomic E-state index is 12.0. The molecule has 74 valence electrons. The minimum Gasteiger partial charge on any atom is -0.294 e. The van der Waals surface area contributed by atoms with E-state index in [-0.39, 0.29) is 12.6 Å². The summed E-state index contributed by atoms with van der Waals surface area (Å²) in [5.74, 6) is 0.414. The molecule has 4 heteroatoms. The molecule has 0 saturated heterocycles. The summed E-state index contributed by atoms with van der Waals surface area (Å²) in [5.41, 5.74) is 0. The second-order valence-corrected chi connectivity index (χ2v) is 3.21. The van der Waals surface area contributed by atoms with Crippen molar-refractivity contribution in [3.05, 3.63) is 0 Å². The molecule has 0 aromatic rings. The Morgan fingerprint density at radius 2 is 2.00 bits per heavy atom. The SMILES string of the molecule is CCC(C)N(CCCl)CC(F)F. The predicted octanol–water partition coefficient (Wildman–Crippen LogP) is 2.59. The molecule has 0 radical (unpaired) electrons. The van der Waals surface area contributed by atoms with Crippen LogP contribution in [-0.2, 0) is 0 Å². The molecule has 0 saturated carbocycles. The van der Waals surface area contributed by atoms with Gasteiger partial charge in [0, 0.05) is 18.5 Å². The molecular weight excluding hydrogens is 184 g/mol. The van der Waals surface area contributed by atoms with Crippen LogP contribution in [0.4, 0.5) is 8.78 Å². The topological polar surface area (TPSA) is 3.24 Å². The molecule has 0 aliphatic rings. The van der Waals surface area contributed by atoms with Gasteiger partial charge in [-0.15, -0.1) is 11.6 Å². The second-order valence-electron chi connectivity index (χ2n) is 2.83. The van der Waals surface area contributed by atoms with Gasteiger partial charge in [-0.25, -0.2) is 8.78 Å². The molecule has 0 aliphatic carbocycles. The highest BCUT2D eigenvalue weighted by atomic mass is 35.5. The van der Waals surface area contributed by atoms with Crippen LogP contribution < -0.4 is 0 Å². The Balaban J connectivity index is 3.84. The van der Waals surface area contributed by atoms with Crippen molar-refractivity contribution in [1.29, 1.82) is 0 Å². The Morgan fingerprint density at radius 3 is 2.33 bits per heavy atom. The summed E-state index contributed by atoms with van der Waals surface area (Å²) in [6.45, 7) is 4.30. The largest absolute Gasteiger partial charge is 0.294 e. The summed E-state index contributed by atoms with van der Waals surface area (Å²) in [5, 5.41) is 0. The van der Waals surface area contributed by atoms with Crippen LogP contribution in [0.3, 0.4) is 0 Å². The first-order valence-corrected chi connectivity index (χ1v) is 4.73. The maximum Gasteiger partial charge on any atom is 0.251 e. The molecule has 0 aromatic heterocycles. The molecule has 1 nitrogen and oxygen atoms in total. The fourth-order valence-corrected chi connectivity index (χ4v) is 1.25. The average Bonchev–Trinajstić information content (AvgIpc) is 2.01. The lowest BCUT2D eigenvalue weighted by Crippen LogP contribution is -2.37. The van der Waals surface area contributed by atoms with E-state index in [0.717, 1.165) is 6.42 Å². The van der Waals surface area contributed by atoms with Gasteiger partial charge in [0.1, 0.15) is 0 Å². The van der Waals surface area contributed by atoms with E-state index in [2.05, 4.69) is 0 Å². The zero-order chi connectivity index (χ0) is 9.56. The smallest absolute Gasteiger partial charge is 0.251 e. The number of alkyl halides is 3. The molecule has 0 amide bonds. The normalized spacial score (nSPS) is 14.2. The van der Waals surface area contributed by atoms with Crippen molar-refractivity contribution in [2.45, 2.75) is 32.7 Å². The van der Waals surface area contributed by atoms with Crippen LogP contribution in [0.15, 0.2) is 0 Å². The molecule has 1 atom stereocenters. The van der Waals surface area contributed by atoms with Crippen molar-refractivity contribution in [3.63, 3.8) is 0 Å². The van der Waals surface area contributed by atoms with Crippen molar-refractivity contribution >= 4 is 11.6 Å². The van der Waals surface area contributed by atoms with Crippen molar-refractivity contribution in [3.8, 4) is 0 Å². The van der Waals surface area contributed by atoms with E-state index in [9.17, 15) is 8.78 Å². The van der Waals surface area contributed by atoms with Crippen LogP contribution in [0.5, 0.6) is 0 Å². The van der Waals surface area contributed by atoms with Gasteiger partial charge in [0.25, 0.3) is 6.43 Å². The van der Waals surface area contributed by atoms with Gasteiger partial charge in [-0.3, -0.25) is 4.90 Å². The third-order valence-electron chi connectivity index (χ3n) is 1.96. The van der Waals surface area contributed by atoms with Crippen LogP contribution in [0.25, 0.3) is 0 Å². The van der Waals surface area contributed by atoms with E-state index in [1.165, 1.54) is 0 Å². The van der Waals surface area contributed by atoms with Crippen LogP contribution in [-0.4, -0.2) is 36.3 Å². The molecule has 0 spiro atoms. The number of hydrogen-bond acceptors (Lipinski definition) is 1. The van der Waals surface area contributed by atoms with Gasteiger partial charge >= 0.3 is 0 Å². The van der Waals surface area contributed by atoms with Gasteiger partial charge in [0.15, 0.2) is 0 Å². The Labute approximate surface area is 77.7 Å². The summed E-state index contributed by atoms with van der Waals surface area (Å²) in [7, 11) is 0. The Kier molecular flexibility index (Phi) is 6.67. The first kappa shape index (κ1) is 12.1. The predicted molar refractivity (Wildman–Crippen MR) is 48.1 cm³/mol. The number of rotatable bonds is 6. The number of nitrogens with zero attached hydrogens (tertiary/aromatic N) is 1. The van der Waals surface area contributed by atoms with Crippen LogP contribution in [0.2, 0.25) is 0 Å². The molecule has 1 unspecified atom stereocenters. The van der Waals surface area contributed by atoms with Crippen LogP contribution in [0, 0.1) is 0 Å². The van der Waals surface area contributed by atoms with Gasteiger partial charge < -0.3 is 0 Å². The summed E-state index contributed by atoms with van der Waals surface area (Å²) in [6, 6.07) is 0.192. The highest BCUT2D eigenvalue weighted by molar-refractivity contribution is 6.18. The molecule has 0 bridgehead atoms. The quantitative estimate of drug-likeness (QED) is 0.595. The van der Waals surface area contributed by atoms with Crippen LogP contribution >= 0.6 is 11.6 Å². The standard InChI is InChI=1S/C8H16ClF2N/c1-3-7(2)12(5-4-9)6-8(10)11/h7-8H,3-6H2,1-2H3. The lowest BCUT2D eigenvalue weighted by atomic mass is 10.2. The fourth-order valence-electron chi connectivity index (χ4n) is 1.04. The summed E-state index contributed by atoms with van der Waals surface area (Å²) >= 11 is 5.49. The maximum absolute atomic E-state index is 12.0. The number of hydrogen-bond donors (Lipinski definition) is 0. The summed E-state index contributed by atoms with van der Waals surface area (Å²) in [6.07, 6.45) is -1.38.